The van der Waals surface area contributed by atoms with Gasteiger partial charge in [-0.3, -0.25) is 19.3 Å². The molecule has 1 saturated heterocycles. The normalized spacial score (nSPS) is 14.5. The molecule has 3 aromatic carbocycles. The monoisotopic (exact) mass is 512 g/mol. The summed E-state index contributed by atoms with van der Waals surface area (Å²) in [5.74, 6) is -0.227. The van der Waals surface area contributed by atoms with Crippen LogP contribution in [0.25, 0.3) is 6.08 Å². The second-order valence-electron chi connectivity index (χ2n) is 7.31. The number of hydrogen-bond acceptors (Lipinski definition) is 5. The largest absolute Gasteiger partial charge is 0.484 e. The number of imide groups is 1. The van der Waals surface area contributed by atoms with Crippen LogP contribution in [0.1, 0.15) is 11.1 Å². The third-order valence-electron chi connectivity index (χ3n) is 4.78. The van der Waals surface area contributed by atoms with Gasteiger partial charge in [0.25, 0.3) is 17.1 Å². The van der Waals surface area contributed by atoms with Gasteiger partial charge in [-0.2, -0.15) is 0 Å². The molecule has 34 heavy (non-hydrogen) atoms. The van der Waals surface area contributed by atoms with Crippen molar-refractivity contribution in [2.75, 3.05) is 11.9 Å². The Hall–Kier alpha value is -3.26. The smallest absolute Gasteiger partial charge is 0.293 e. The minimum absolute atomic E-state index is 0.172. The van der Waals surface area contributed by atoms with E-state index in [0.717, 1.165) is 17.3 Å². The van der Waals surface area contributed by atoms with E-state index in [-0.39, 0.29) is 30.2 Å². The van der Waals surface area contributed by atoms with Gasteiger partial charge in [0.15, 0.2) is 6.61 Å². The Bertz CT molecular complexity index is 1260. The number of rotatable bonds is 7. The molecule has 0 unspecified atom stereocenters. The molecule has 1 aliphatic rings. The van der Waals surface area contributed by atoms with Crippen LogP contribution in [0.2, 0.25) is 10.0 Å². The topological polar surface area (TPSA) is 75.7 Å². The molecule has 3 aromatic rings. The zero-order valence-electron chi connectivity index (χ0n) is 17.7. The fourth-order valence-electron chi connectivity index (χ4n) is 3.13. The number of halogens is 2. The molecule has 0 bridgehead atoms. The highest BCUT2D eigenvalue weighted by Crippen LogP contribution is 2.33. The molecule has 0 spiro atoms. The number of nitrogens with one attached hydrogen (secondary N) is 1. The van der Waals surface area contributed by atoms with Crippen LogP contribution in [-0.4, -0.2) is 28.6 Å². The highest BCUT2D eigenvalue weighted by molar-refractivity contribution is 8.18. The van der Waals surface area contributed by atoms with Crippen LogP contribution in [0.5, 0.6) is 5.75 Å². The van der Waals surface area contributed by atoms with E-state index in [1.165, 1.54) is 4.90 Å². The second kappa shape index (κ2) is 10.8. The molecular formula is C25H18Cl2N2O4S. The first-order chi connectivity index (χ1) is 16.4. The van der Waals surface area contributed by atoms with Crippen molar-refractivity contribution in [2.24, 2.45) is 0 Å². The van der Waals surface area contributed by atoms with Crippen molar-refractivity contribution in [2.45, 2.75) is 6.54 Å². The maximum atomic E-state index is 12.8. The molecule has 9 heteroatoms. The lowest BCUT2D eigenvalue weighted by Crippen LogP contribution is -2.27. The van der Waals surface area contributed by atoms with Crippen molar-refractivity contribution >= 4 is 63.8 Å². The van der Waals surface area contributed by atoms with Gasteiger partial charge in [-0.05, 0) is 77.5 Å². The summed E-state index contributed by atoms with van der Waals surface area (Å²) in [7, 11) is 0. The Balaban J connectivity index is 1.38. The average Bonchev–Trinajstić information content (AvgIpc) is 3.08. The summed E-state index contributed by atoms with van der Waals surface area (Å²) < 4.78 is 5.58. The molecule has 0 aliphatic carbocycles. The number of hydrogen-bond donors (Lipinski definition) is 1. The summed E-state index contributed by atoms with van der Waals surface area (Å²) in [6.07, 6.45) is 1.63. The first-order valence-corrected chi connectivity index (χ1v) is 11.7. The Morgan fingerprint density at radius 3 is 2.35 bits per heavy atom. The van der Waals surface area contributed by atoms with E-state index in [9.17, 15) is 14.4 Å². The molecule has 0 aromatic heterocycles. The van der Waals surface area contributed by atoms with Crippen molar-refractivity contribution in [3.63, 3.8) is 0 Å². The summed E-state index contributed by atoms with van der Waals surface area (Å²) in [4.78, 5) is 38.8. The summed E-state index contributed by atoms with van der Waals surface area (Å²) in [6.45, 7) is -0.0191. The molecule has 1 N–H and O–H groups in total. The molecular weight excluding hydrogens is 495 g/mol. The van der Waals surface area contributed by atoms with Gasteiger partial charge in [0.05, 0.1) is 11.4 Å². The first-order valence-electron chi connectivity index (χ1n) is 10.2. The summed E-state index contributed by atoms with van der Waals surface area (Å²) in [5, 5.41) is 3.55. The number of carbonyl (C=O) groups excluding carboxylic acids is 3. The van der Waals surface area contributed by atoms with Gasteiger partial charge < -0.3 is 10.1 Å². The quantitative estimate of drug-likeness (QED) is 0.378. The van der Waals surface area contributed by atoms with Crippen molar-refractivity contribution in [1.29, 1.82) is 0 Å². The summed E-state index contributed by atoms with van der Waals surface area (Å²) >= 11 is 12.6. The lowest BCUT2D eigenvalue weighted by molar-refractivity contribution is -0.123. The molecule has 172 valence electrons. The van der Waals surface area contributed by atoms with Gasteiger partial charge in [-0.1, -0.05) is 47.5 Å². The zero-order valence-corrected chi connectivity index (χ0v) is 20.0. The molecule has 0 saturated carbocycles. The van der Waals surface area contributed by atoms with Crippen molar-refractivity contribution in [1.82, 2.24) is 4.90 Å². The zero-order chi connectivity index (χ0) is 24.1. The van der Waals surface area contributed by atoms with Crippen molar-refractivity contribution in [3.8, 4) is 5.75 Å². The van der Waals surface area contributed by atoms with Gasteiger partial charge in [0.2, 0.25) is 0 Å². The molecule has 1 aliphatic heterocycles. The number of thioether (sulfide) groups is 1. The second-order valence-corrected chi connectivity index (χ2v) is 9.18. The van der Waals surface area contributed by atoms with Crippen molar-refractivity contribution < 1.29 is 19.1 Å². The Labute approximate surface area is 210 Å². The lowest BCUT2D eigenvalue weighted by Gasteiger charge is -2.12. The SMILES string of the molecule is O=C(COc1cccc(/C=C2\SC(=O)N(Cc3ccc(Cl)cc3)C2=O)c1)Nc1ccc(Cl)cc1. The Morgan fingerprint density at radius 1 is 0.971 bits per heavy atom. The fourth-order valence-corrected chi connectivity index (χ4v) is 4.22. The van der Waals surface area contributed by atoms with Crippen LogP contribution in [-0.2, 0) is 16.1 Å². The molecule has 1 fully saturated rings. The van der Waals surface area contributed by atoms with E-state index >= 15 is 0 Å². The maximum absolute atomic E-state index is 12.8. The van der Waals surface area contributed by atoms with Crippen LogP contribution >= 0.6 is 35.0 Å². The van der Waals surface area contributed by atoms with Gasteiger partial charge in [0.1, 0.15) is 5.75 Å². The van der Waals surface area contributed by atoms with E-state index in [1.54, 1.807) is 78.9 Å². The highest BCUT2D eigenvalue weighted by Gasteiger charge is 2.34. The third kappa shape index (κ3) is 6.20. The molecule has 0 atom stereocenters. The number of nitrogens with zero attached hydrogens (tertiary/aromatic N) is 1. The number of benzene rings is 3. The number of anilines is 1. The molecule has 3 amide bonds. The van der Waals surface area contributed by atoms with E-state index in [2.05, 4.69) is 5.32 Å². The highest BCUT2D eigenvalue weighted by atomic mass is 35.5. The minimum atomic E-state index is -0.362. The van der Waals surface area contributed by atoms with Gasteiger partial charge in [-0.15, -0.1) is 0 Å². The molecule has 4 rings (SSSR count). The lowest BCUT2D eigenvalue weighted by atomic mass is 10.2. The number of amides is 3. The first kappa shape index (κ1) is 23.9. The molecule has 6 nitrogen and oxygen atoms in total. The Kier molecular flexibility index (Phi) is 7.57. The predicted molar refractivity (Wildman–Crippen MR) is 135 cm³/mol. The minimum Gasteiger partial charge on any atom is -0.484 e. The van der Waals surface area contributed by atoms with Crippen molar-refractivity contribution in [3.05, 3.63) is 98.9 Å². The maximum Gasteiger partial charge on any atom is 0.293 e. The average molecular weight is 513 g/mol. The van der Waals surface area contributed by atoms with E-state index in [1.807, 2.05) is 0 Å². The van der Waals surface area contributed by atoms with Crippen LogP contribution < -0.4 is 10.1 Å². The molecule has 1 heterocycles. The third-order valence-corrected chi connectivity index (χ3v) is 6.19. The van der Waals surface area contributed by atoms with Gasteiger partial charge >= 0.3 is 0 Å². The number of carbonyl (C=O) groups is 3. The van der Waals surface area contributed by atoms with Crippen LogP contribution in [0.3, 0.4) is 0 Å². The summed E-state index contributed by atoms with van der Waals surface area (Å²) in [6, 6.07) is 20.7. The van der Waals surface area contributed by atoms with Crippen LogP contribution in [0.4, 0.5) is 10.5 Å². The van der Waals surface area contributed by atoms with E-state index in [0.29, 0.717) is 32.0 Å². The van der Waals surface area contributed by atoms with Crippen LogP contribution in [0, 0.1) is 0 Å². The van der Waals surface area contributed by atoms with Gasteiger partial charge in [-0.25, -0.2) is 0 Å². The van der Waals surface area contributed by atoms with E-state index < -0.39 is 0 Å². The molecule has 0 radical (unpaired) electrons. The number of ether oxygens (including phenoxy) is 1. The fraction of sp³-hybridized carbons (Fsp3) is 0.0800. The standard InChI is InChI=1S/C25H18Cl2N2O4S/c26-18-6-4-16(5-7-18)14-29-24(31)22(34-25(29)32)13-17-2-1-3-21(12-17)33-15-23(30)28-20-10-8-19(27)9-11-20/h1-13H,14-15H2,(H,28,30)/b22-13-. The van der Waals surface area contributed by atoms with E-state index in [4.69, 9.17) is 27.9 Å². The Morgan fingerprint density at radius 2 is 1.65 bits per heavy atom. The van der Waals surface area contributed by atoms with Gasteiger partial charge in [0, 0.05) is 15.7 Å². The van der Waals surface area contributed by atoms with Crippen LogP contribution in [0.15, 0.2) is 77.7 Å². The predicted octanol–water partition coefficient (Wildman–Crippen LogP) is 6.25. The summed E-state index contributed by atoms with van der Waals surface area (Å²) in [5.41, 5.74) is 2.09.